The predicted octanol–water partition coefficient (Wildman–Crippen LogP) is 6.45. The number of amides is 1. The van der Waals surface area contributed by atoms with E-state index in [9.17, 15) is 4.79 Å². The van der Waals surface area contributed by atoms with E-state index in [1.807, 2.05) is 71.6 Å². The maximum atomic E-state index is 13.0. The molecule has 0 bridgehead atoms. The molecule has 0 saturated carbocycles. The number of aromatic nitrogens is 1. The number of anilines is 1. The van der Waals surface area contributed by atoms with Gasteiger partial charge in [-0.3, -0.25) is 4.79 Å². The molecule has 1 amide bonds. The van der Waals surface area contributed by atoms with Crippen molar-refractivity contribution in [3.8, 4) is 33.3 Å². The van der Waals surface area contributed by atoms with Gasteiger partial charge in [-0.2, -0.15) is 0 Å². The van der Waals surface area contributed by atoms with Crippen molar-refractivity contribution in [1.29, 1.82) is 0 Å². The van der Waals surface area contributed by atoms with E-state index in [1.54, 1.807) is 18.3 Å². The fraction of sp³-hybridized carbons (Fsp3) is 0.214. The summed E-state index contributed by atoms with van der Waals surface area (Å²) in [5, 5.41) is 3.04. The first kappa shape index (κ1) is 22.2. The summed E-state index contributed by atoms with van der Waals surface area (Å²) < 4.78 is 11.7. The molecule has 1 aromatic heterocycles. The summed E-state index contributed by atoms with van der Waals surface area (Å²) in [7, 11) is 0. The number of fused-ring (bicyclic) bond motifs is 1. The standard InChI is InChI=1S/C28H26N2O3S/c1-20-28(31)30(16-8-9-17-32-23-12-6-3-7-13-23)25-18-22(14-15-26(25)33-20)24-19-34-27(29-24)21-10-4-2-5-11-21/h2-7,10-15,18-20H,8-9,16-17H2,1H3. The Morgan fingerprint density at radius 2 is 1.74 bits per heavy atom. The second-order valence-corrected chi connectivity index (χ2v) is 9.06. The van der Waals surface area contributed by atoms with Crippen LogP contribution in [0, 0.1) is 0 Å². The van der Waals surface area contributed by atoms with E-state index in [1.165, 1.54) is 0 Å². The third-order valence-electron chi connectivity index (χ3n) is 5.78. The maximum Gasteiger partial charge on any atom is 0.267 e. The average molecular weight is 471 g/mol. The molecule has 1 unspecified atom stereocenters. The SMILES string of the molecule is CC1Oc2ccc(-c3csc(-c4ccccc4)n3)cc2N(CCCCOc2ccccc2)C1=O. The largest absolute Gasteiger partial charge is 0.494 e. The zero-order valence-corrected chi connectivity index (χ0v) is 19.8. The third-order valence-corrected chi connectivity index (χ3v) is 6.67. The number of para-hydroxylation sites is 1. The highest BCUT2D eigenvalue weighted by Crippen LogP contribution is 2.38. The summed E-state index contributed by atoms with van der Waals surface area (Å²) in [5.41, 5.74) is 3.77. The Morgan fingerprint density at radius 3 is 2.53 bits per heavy atom. The molecule has 2 heterocycles. The number of rotatable bonds is 8. The van der Waals surface area contributed by atoms with Gasteiger partial charge in [0.15, 0.2) is 6.10 Å². The van der Waals surface area contributed by atoms with Crippen LogP contribution in [-0.4, -0.2) is 30.1 Å². The predicted molar refractivity (Wildman–Crippen MR) is 137 cm³/mol. The summed E-state index contributed by atoms with van der Waals surface area (Å²) in [6, 6.07) is 25.9. The second-order valence-electron chi connectivity index (χ2n) is 8.21. The van der Waals surface area contributed by atoms with Crippen LogP contribution in [0.3, 0.4) is 0 Å². The summed E-state index contributed by atoms with van der Waals surface area (Å²) in [6.07, 6.45) is 1.20. The van der Waals surface area contributed by atoms with Crippen molar-refractivity contribution in [2.75, 3.05) is 18.1 Å². The molecule has 3 aromatic carbocycles. The Bertz CT molecular complexity index is 1260. The molecule has 0 aliphatic carbocycles. The molecule has 0 fully saturated rings. The molecule has 5 nitrogen and oxygen atoms in total. The van der Waals surface area contributed by atoms with Gasteiger partial charge >= 0.3 is 0 Å². The second kappa shape index (κ2) is 10.1. The Balaban J connectivity index is 1.30. The first-order chi connectivity index (χ1) is 16.7. The summed E-state index contributed by atoms with van der Waals surface area (Å²) in [4.78, 5) is 19.6. The molecule has 172 valence electrons. The van der Waals surface area contributed by atoms with E-state index in [0.29, 0.717) is 13.2 Å². The lowest BCUT2D eigenvalue weighted by atomic mass is 10.1. The Morgan fingerprint density at radius 1 is 0.971 bits per heavy atom. The van der Waals surface area contributed by atoms with E-state index in [4.69, 9.17) is 14.5 Å². The van der Waals surface area contributed by atoms with Gasteiger partial charge in [0, 0.05) is 23.1 Å². The molecule has 1 aliphatic rings. The molecule has 6 heteroatoms. The molecule has 34 heavy (non-hydrogen) atoms. The fourth-order valence-electron chi connectivity index (χ4n) is 4.00. The summed E-state index contributed by atoms with van der Waals surface area (Å²) >= 11 is 1.62. The van der Waals surface area contributed by atoms with Crippen molar-refractivity contribution in [3.63, 3.8) is 0 Å². The van der Waals surface area contributed by atoms with Gasteiger partial charge in [0.25, 0.3) is 5.91 Å². The molecule has 1 aliphatic heterocycles. The zero-order chi connectivity index (χ0) is 23.3. The number of hydrogen-bond donors (Lipinski definition) is 0. The van der Waals surface area contributed by atoms with Crippen LogP contribution in [0.25, 0.3) is 21.8 Å². The Labute approximate surface area is 203 Å². The molecule has 4 aromatic rings. The van der Waals surface area contributed by atoms with Crippen LogP contribution in [0.15, 0.2) is 84.2 Å². The minimum atomic E-state index is -0.497. The summed E-state index contributed by atoms with van der Waals surface area (Å²) in [5.74, 6) is 1.58. The van der Waals surface area contributed by atoms with Crippen molar-refractivity contribution in [3.05, 3.63) is 84.2 Å². The number of nitrogens with zero attached hydrogens (tertiary/aromatic N) is 2. The molecule has 0 spiro atoms. The third kappa shape index (κ3) is 4.82. The monoisotopic (exact) mass is 470 g/mol. The van der Waals surface area contributed by atoms with E-state index >= 15 is 0 Å². The van der Waals surface area contributed by atoms with E-state index < -0.39 is 6.10 Å². The van der Waals surface area contributed by atoms with Crippen LogP contribution in [0.4, 0.5) is 5.69 Å². The van der Waals surface area contributed by atoms with Crippen LogP contribution >= 0.6 is 11.3 Å². The number of carbonyl (C=O) groups excluding carboxylic acids is 1. The highest BCUT2D eigenvalue weighted by Gasteiger charge is 2.31. The van der Waals surface area contributed by atoms with Gasteiger partial charge in [0.05, 0.1) is 18.0 Å². The Hall–Kier alpha value is -3.64. The molecule has 0 radical (unpaired) electrons. The topological polar surface area (TPSA) is 51.7 Å². The minimum Gasteiger partial charge on any atom is -0.494 e. The van der Waals surface area contributed by atoms with E-state index in [2.05, 4.69) is 17.5 Å². The average Bonchev–Trinajstić information content (AvgIpc) is 3.37. The van der Waals surface area contributed by atoms with E-state index in [0.717, 1.165) is 51.9 Å². The highest BCUT2D eigenvalue weighted by atomic mass is 32.1. The molecule has 5 rings (SSSR count). The number of carbonyl (C=O) groups is 1. The first-order valence-corrected chi connectivity index (χ1v) is 12.4. The van der Waals surface area contributed by atoms with Crippen molar-refractivity contribution < 1.29 is 14.3 Å². The van der Waals surface area contributed by atoms with Gasteiger partial charge in [-0.25, -0.2) is 4.98 Å². The van der Waals surface area contributed by atoms with Gasteiger partial charge in [-0.1, -0.05) is 48.5 Å². The first-order valence-electron chi connectivity index (χ1n) is 11.5. The van der Waals surface area contributed by atoms with Gasteiger partial charge in [-0.05, 0) is 50.1 Å². The minimum absolute atomic E-state index is 0.0168. The lowest BCUT2D eigenvalue weighted by Crippen LogP contribution is -2.45. The number of ether oxygens (including phenoxy) is 2. The number of benzene rings is 3. The van der Waals surface area contributed by atoms with Crippen LogP contribution in [0.2, 0.25) is 0 Å². The summed E-state index contributed by atoms with van der Waals surface area (Å²) in [6.45, 7) is 3.04. The Kier molecular flexibility index (Phi) is 6.58. The van der Waals surface area contributed by atoms with Crippen LogP contribution in [-0.2, 0) is 4.79 Å². The van der Waals surface area contributed by atoms with Crippen molar-refractivity contribution in [1.82, 2.24) is 4.98 Å². The zero-order valence-electron chi connectivity index (χ0n) is 19.0. The molecular weight excluding hydrogens is 444 g/mol. The van der Waals surface area contributed by atoms with Crippen molar-refractivity contribution in [2.45, 2.75) is 25.9 Å². The number of hydrogen-bond acceptors (Lipinski definition) is 5. The molecule has 0 N–H and O–H groups in total. The van der Waals surface area contributed by atoms with Crippen LogP contribution in [0.5, 0.6) is 11.5 Å². The normalized spacial score (nSPS) is 15.0. The fourth-order valence-corrected chi connectivity index (χ4v) is 4.83. The van der Waals surface area contributed by atoms with Gasteiger partial charge in [0.2, 0.25) is 0 Å². The van der Waals surface area contributed by atoms with Crippen LogP contribution < -0.4 is 14.4 Å². The van der Waals surface area contributed by atoms with Gasteiger partial charge in [0.1, 0.15) is 16.5 Å². The van der Waals surface area contributed by atoms with E-state index in [-0.39, 0.29) is 5.91 Å². The maximum absolute atomic E-state index is 13.0. The quantitative estimate of drug-likeness (QED) is 0.278. The van der Waals surface area contributed by atoms with Crippen LogP contribution in [0.1, 0.15) is 19.8 Å². The lowest BCUT2D eigenvalue weighted by Gasteiger charge is -2.33. The number of thiazole rings is 1. The van der Waals surface area contributed by atoms with Gasteiger partial charge < -0.3 is 14.4 Å². The van der Waals surface area contributed by atoms with Gasteiger partial charge in [-0.15, -0.1) is 11.3 Å². The van der Waals surface area contributed by atoms with Crippen molar-refractivity contribution >= 4 is 22.9 Å². The smallest absolute Gasteiger partial charge is 0.267 e. The lowest BCUT2D eigenvalue weighted by molar-refractivity contribution is -0.125. The molecular formula is C28H26N2O3S. The van der Waals surface area contributed by atoms with Crippen molar-refractivity contribution in [2.24, 2.45) is 0 Å². The molecule has 1 atom stereocenters. The molecule has 0 saturated heterocycles. The number of unbranched alkanes of at least 4 members (excludes halogenated alkanes) is 1. The highest BCUT2D eigenvalue weighted by molar-refractivity contribution is 7.13.